The fraction of sp³-hybridized carbons (Fsp3) is 0.176. The van der Waals surface area contributed by atoms with Gasteiger partial charge >= 0.3 is 6.61 Å². The molecule has 0 spiro atoms. The van der Waals surface area contributed by atoms with Crippen molar-refractivity contribution in [2.24, 2.45) is 0 Å². The maximum absolute atomic E-state index is 12.3. The summed E-state index contributed by atoms with van der Waals surface area (Å²) in [7, 11) is 0. The summed E-state index contributed by atoms with van der Waals surface area (Å²) >= 11 is 1.59. The Morgan fingerprint density at radius 3 is 2.72 bits per heavy atom. The second kappa shape index (κ2) is 7.89. The minimum Gasteiger partial charge on any atom is -0.473 e. The van der Waals surface area contributed by atoms with Gasteiger partial charge in [0.1, 0.15) is 12.4 Å². The average Bonchev–Trinajstić information content (AvgIpc) is 3.05. The first-order valence-corrected chi connectivity index (χ1v) is 8.24. The quantitative estimate of drug-likeness (QED) is 0.602. The molecule has 0 fully saturated rings. The molecule has 130 valence electrons. The monoisotopic (exact) mass is 364 g/mol. The summed E-state index contributed by atoms with van der Waals surface area (Å²) in [5.74, 6) is 0.760. The van der Waals surface area contributed by atoms with E-state index in [4.69, 9.17) is 9.47 Å². The number of hydrogen-bond acceptors (Lipinski definition) is 6. The molecule has 0 saturated heterocycles. The van der Waals surface area contributed by atoms with E-state index in [1.54, 1.807) is 23.5 Å². The molecule has 0 amide bonds. The van der Waals surface area contributed by atoms with Crippen LogP contribution in [-0.4, -0.2) is 16.6 Å². The highest BCUT2D eigenvalue weighted by Gasteiger charge is 2.09. The van der Waals surface area contributed by atoms with Crippen molar-refractivity contribution in [3.05, 3.63) is 58.4 Å². The van der Waals surface area contributed by atoms with Crippen LogP contribution in [0.3, 0.4) is 0 Å². The lowest BCUT2D eigenvalue weighted by molar-refractivity contribution is -0.0529. The molecule has 5 nitrogen and oxygen atoms in total. The van der Waals surface area contributed by atoms with Crippen molar-refractivity contribution in [2.45, 2.75) is 20.1 Å². The molecule has 0 aliphatic rings. The molecular weight excluding hydrogens is 350 g/mol. The van der Waals surface area contributed by atoms with Crippen LogP contribution < -0.4 is 14.2 Å². The van der Waals surface area contributed by atoms with E-state index in [-0.39, 0.29) is 17.5 Å². The highest BCUT2D eigenvalue weighted by molar-refractivity contribution is 7.07. The van der Waals surface area contributed by atoms with Crippen molar-refractivity contribution in [1.29, 1.82) is 0 Å². The summed E-state index contributed by atoms with van der Waals surface area (Å²) in [5.41, 5.74) is 1.95. The van der Waals surface area contributed by atoms with Gasteiger partial charge in [-0.15, -0.1) is 0 Å². The molecule has 3 heterocycles. The number of ether oxygens (including phenoxy) is 3. The van der Waals surface area contributed by atoms with Crippen molar-refractivity contribution in [3.63, 3.8) is 0 Å². The van der Waals surface area contributed by atoms with Crippen molar-refractivity contribution >= 4 is 11.3 Å². The average molecular weight is 364 g/mol. The van der Waals surface area contributed by atoms with Crippen LogP contribution >= 0.6 is 11.3 Å². The van der Waals surface area contributed by atoms with Crippen molar-refractivity contribution < 1.29 is 23.0 Å². The topological polar surface area (TPSA) is 53.5 Å². The predicted octanol–water partition coefficient (Wildman–Crippen LogP) is 4.82. The maximum Gasteiger partial charge on any atom is 0.388 e. The van der Waals surface area contributed by atoms with Crippen molar-refractivity contribution in [3.8, 4) is 23.4 Å². The zero-order valence-electron chi connectivity index (χ0n) is 13.2. The Labute approximate surface area is 146 Å². The standard InChI is InChI=1S/C17H14F2N2O3S/c1-11-6-15(22-9-12-3-5-25-10-12)21-16(7-11)23-13-2-4-20-14(8-13)24-17(18)19/h2-8,10,17H,9H2,1H3. The molecule has 8 heteroatoms. The molecule has 0 aliphatic carbocycles. The number of pyridine rings is 2. The van der Waals surface area contributed by atoms with E-state index in [9.17, 15) is 8.78 Å². The van der Waals surface area contributed by atoms with Crippen LogP contribution in [-0.2, 0) is 6.61 Å². The van der Waals surface area contributed by atoms with Gasteiger partial charge in [0.25, 0.3) is 0 Å². The number of thiophene rings is 1. The number of halogens is 2. The molecule has 3 aromatic rings. The molecular formula is C17H14F2N2O3S. The summed E-state index contributed by atoms with van der Waals surface area (Å²) in [5, 5.41) is 3.97. The van der Waals surface area contributed by atoms with Gasteiger partial charge in [-0.3, -0.25) is 0 Å². The first-order valence-electron chi connectivity index (χ1n) is 7.30. The van der Waals surface area contributed by atoms with E-state index < -0.39 is 6.61 Å². The summed E-state index contributed by atoms with van der Waals surface area (Å²) in [6.07, 6.45) is 1.32. The summed E-state index contributed by atoms with van der Waals surface area (Å²) in [6, 6.07) is 8.26. The van der Waals surface area contributed by atoms with Gasteiger partial charge in [-0.1, -0.05) is 0 Å². The fourth-order valence-corrected chi connectivity index (χ4v) is 2.65. The Morgan fingerprint density at radius 2 is 1.96 bits per heavy atom. The Balaban J connectivity index is 1.71. The SMILES string of the molecule is Cc1cc(OCc2ccsc2)nc(Oc2ccnc(OC(F)F)c2)c1. The third kappa shape index (κ3) is 5.12. The highest BCUT2D eigenvalue weighted by atomic mass is 32.1. The third-order valence-electron chi connectivity index (χ3n) is 3.03. The lowest BCUT2D eigenvalue weighted by Crippen LogP contribution is -2.03. The zero-order valence-corrected chi connectivity index (χ0v) is 14.0. The van der Waals surface area contributed by atoms with E-state index in [1.807, 2.05) is 23.8 Å². The maximum atomic E-state index is 12.3. The van der Waals surface area contributed by atoms with Crippen LogP contribution in [0, 0.1) is 6.92 Å². The Morgan fingerprint density at radius 1 is 1.12 bits per heavy atom. The van der Waals surface area contributed by atoms with E-state index in [2.05, 4.69) is 14.7 Å². The van der Waals surface area contributed by atoms with Gasteiger partial charge in [0, 0.05) is 30.0 Å². The molecule has 0 N–H and O–H groups in total. The molecule has 3 rings (SSSR count). The molecule has 25 heavy (non-hydrogen) atoms. The van der Waals surface area contributed by atoms with Gasteiger partial charge < -0.3 is 14.2 Å². The van der Waals surface area contributed by atoms with E-state index in [1.165, 1.54) is 18.3 Å². The van der Waals surface area contributed by atoms with Gasteiger partial charge in [-0.05, 0) is 35.4 Å². The highest BCUT2D eigenvalue weighted by Crippen LogP contribution is 2.26. The minimum atomic E-state index is -2.95. The molecule has 0 unspecified atom stereocenters. The van der Waals surface area contributed by atoms with Crippen LogP contribution in [0.25, 0.3) is 0 Å². The van der Waals surface area contributed by atoms with Crippen LogP contribution in [0.1, 0.15) is 11.1 Å². The van der Waals surface area contributed by atoms with Crippen molar-refractivity contribution in [2.75, 3.05) is 0 Å². The molecule has 0 radical (unpaired) electrons. The number of aryl methyl sites for hydroxylation is 1. The number of aromatic nitrogens is 2. The number of nitrogens with zero attached hydrogens (tertiary/aromatic N) is 2. The van der Waals surface area contributed by atoms with E-state index in [0.717, 1.165) is 11.1 Å². The van der Waals surface area contributed by atoms with Gasteiger partial charge in [0.2, 0.25) is 17.6 Å². The molecule has 0 saturated carbocycles. The van der Waals surface area contributed by atoms with E-state index >= 15 is 0 Å². The predicted molar refractivity (Wildman–Crippen MR) is 88.6 cm³/mol. The molecule has 0 atom stereocenters. The van der Waals surface area contributed by atoms with Gasteiger partial charge in [0.15, 0.2) is 0 Å². The Kier molecular flexibility index (Phi) is 5.39. The van der Waals surface area contributed by atoms with Gasteiger partial charge in [-0.25, -0.2) is 4.98 Å². The molecule has 3 aromatic heterocycles. The smallest absolute Gasteiger partial charge is 0.388 e. The lowest BCUT2D eigenvalue weighted by atomic mass is 10.3. The minimum absolute atomic E-state index is 0.228. The molecule has 0 aliphatic heterocycles. The van der Waals surface area contributed by atoms with Crippen LogP contribution in [0.5, 0.6) is 23.4 Å². The summed E-state index contributed by atoms with van der Waals surface area (Å²) in [4.78, 5) is 7.96. The number of rotatable bonds is 7. The number of alkyl halides is 2. The largest absolute Gasteiger partial charge is 0.473 e. The third-order valence-corrected chi connectivity index (χ3v) is 3.76. The van der Waals surface area contributed by atoms with Crippen LogP contribution in [0.2, 0.25) is 0 Å². The zero-order chi connectivity index (χ0) is 17.6. The van der Waals surface area contributed by atoms with Crippen LogP contribution in [0.15, 0.2) is 47.3 Å². The van der Waals surface area contributed by atoms with Crippen LogP contribution in [0.4, 0.5) is 8.78 Å². The second-order valence-electron chi connectivity index (χ2n) is 5.05. The van der Waals surface area contributed by atoms with Gasteiger partial charge in [0.05, 0.1) is 0 Å². The molecule has 0 aromatic carbocycles. The first-order chi connectivity index (χ1) is 12.1. The fourth-order valence-electron chi connectivity index (χ4n) is 1.99. The number of hydrogen-bond donors (Lipinski definition) is 0. The molecule has 0 bridgehead atoms. The van der Waals surface area contributed by atoms with Gasteiger partial charge in [-0.2, -0.15) is 25.1 Å². The lowest BCUT2D eigenvalue weighted by Gasteiger charge is -2.10. The normalized spacial score (nSPS) is 10.7. The Hall–Kier alpha value is -2.74. The first kappa shape index (κ1) is 17.1. The second-order valence-corrected chi connectivity index (χ2v) is 5.83. The summed E-state index contributed by atoms with van der Waals surface area (Å²) < 4.78 is 40.0. The summed E-state index contributed by atoms with van der Waals surface area (Å²) in [6.45, 7) is -0.665. The van der Waals surface area contributed by atoms with E-state index in [0.29, 0.717) is 12.5 Å². The Bertz CT molecular complexity index is 829. The van der Waals surface area contributed by atoms with Crippen molar-refractivity contribution in [1.82, 2.24) is 9.97 Å².